The minimum atomic E-state index is -0.495. The van der Waals surface area contributed by atoms with Crippen molar-refractivity contribution in [3.63, 3.8) is 0 Å². The van der Waals surface area contributed by atoms with Crippen LogP contribution in [-0.2, 0) is 16.0 Å². The van der Waals surface area contributed by atoms with Gasteiger partial charge >= 0.3 is 5.97 Å². The van der Waals surface area contributed by atoms with Crippen molar-refractivity contribution in [1.29, 1.82) is 0 Å². The number of hydrogen-bond donors (Lipinski definition) is 1. The van der Waals surface area contributed by atoms with Crippen LogP contribution in [0.5, 0.6) is 0 Å². The fourth-order valence-electron chi connectivity index (χ4n) is 1.03. The molecule has 0 aliphatic carbocycles. The topological polar surface area (TPSA) is 52.3 Å². The van der Waals surface area contributed by atoms with Crippen molar-refractivity contribution in [2.75, 3.05) is 7.11 Å². The van der Waals surface area contributed by atoms with Crippen LogP contribution in [0.2, 0.25) is 0 Å². The van der Waals surface area contributed by atoms with Gasteiger partial charge in [-0.2, -0.15) is 11.3 Å². The molecule has 0 fully saturated rings. The molecule has 1 aromatic rings. The molecule has 1 atom stereocenters. The van der Waals surface area contributed by atoms with E-state index in [1.807, 2.05) is 11.4 Å². The van der Waals surface area contributed by atoms with Crippen LogP contribution in [0.3, 0.4) is 0 Å². The lowest BCUT2D eigenvalue weighted by Gasteiger charge is -2.07. The molecule has 0 radical (unpaired) electrons. The minimum Gasteiger partial charge on any atom is -0.468 e. The molecule has 0 bridgehead atoms. The molecule has 13 heavy (non-hydrogen) atoms. The van der Waals surface area contributed by atoms with Gasteiger partial charge in [0.1, 0.15) is 6.04 Å². The van der Waals surface area contributed by atoms with Crippen molar-refractivity contribution < 1.29 is 9.53 Å². The van der Waals surface area contributed by atoms with Crippen molar-refractivity contribution >= 4 is 17.3 Å². The summed E-state index contributed by atoms with van der Waals surface area (Å²) in [5.41, 5.74) is 6.80. The van der Waals surface area contributed by atoms with E-state index in [1.54, 1.807) is 11.3 Å². The van der Waals surface area contributed by atoms with Gasteiger partial charge in [-0.3, -0.25) is 4.79 Å². The number of thiophene rings is 1. The van der Waals surface area contributed by atoms with Gasteiger partial charge in [0.15, 0.2) is 0 Å². The number of carbonyl (C=O) groups is 1. The summed E-state index contributed by atoms with van der Waals surface area (Å²) in [6, 6.07) is 1.54. The van der Waals surface area contributed by atoms with Gasteiger partial charge in [0.05, 0.1) is 7.11 Å². The van der Waals surface area contributed by atoms with E-state index < -0.39 is 6.04 Å². The highest BCUT2D eigenvalue weighted by Crippen LogP contribution is 2.09. The van der Waals surface area contributed by atoms with E-state index in [4.69, 9.17) is 5.73 Å². The molecule has 0 saturated heterocycles. The van der Waals surface area contributed by atoms with Crippen LogP contribution in [0, 0.1) is 0 Å². The second-order valence-corrected chi connectivity index (χ2v) is 3.58. The van der Waals surface area contributed by atoms with E-state index in [2.05, 4.69) is 10.1 Å². The van der Waals surface area contributed by atoms with Crippen molar-refractivity contribution in [2.45, 2.75) is 18.9 Å². The predicted octanol–water partition coefficient (Wildman–Crippen LogP) is 1.18. The second kappa shape index (κ2) is 4.99. The van der Waals surface area contributed by atoms with E-state index in [0.717, 1.165) is 6.42 Å². The van der Waals surface area contributed by atoms with Crippen LogP contribution in [0.15, 0.2) is 16.8 Å². The van der Waals surface area contributed by atoms with Crippen LogP contribution in [0.4, 0.5) is 0 Å². The van der Waals surface area contributed by atoms with E-state index in [-0.39, 0.29) is 5.97 Å². The Bertz CT molecular complexity index is 259. The maximum Gasteiger partial charge on any atom is 0.322 e. The molecule has 2 N–H and O–H groups in total. The third kappa shape index (κ3) is 3.16. The smallest absolute Gasteiger partial charge is 0.322 e. The maximum absolute atomic E-state index is 10.9. The highest BCUT2D eigenvalue weighted by atomic mass is 32.1. The van der Waals surface area contributed by atoms with Gasteiger partial charge in [0.2, 0.25) is 0 Å². The van der Waals surface area contributed by atoms with E-state index in [1.165, 1.54) is 12.7 Å². The summed E-state index contributed by atoms with van der Waals surface area (Å²) < 4.78 is 4.52. The summed E-state index contributed by atoms with van der Waals surface area (Å²) in [5.74, 6) is -0.338. The molecular formula is C9H13NO2S. The standard InChI is InChI=1S/C9H13NO2S/c1-12-9(11)8(10)3-2-7-4-5-13-6-7/h4-6,8H,2-3,10H2,1H3. The third-order valence-electron chi connectivity index (χ3n) is 1.83. The Balaban J connectivity index is 2.30. The number of esters is 1. The Morgan fingerprint density at radius 2 is 2.54 bits per heavy atom. The molecule has 1 unspecified atom stereocenters. The van der Waals surface area contributed by atoms with Crippen LogP contribution in [0.1, 0.15) is 12.0 Å². The lowest BCUT2D eigenvalue weighted by atomic mass is 10.1. The minimum absolute atomic E-state index is 0.338. The van der Waals surface area contributed by atoms with E-state index in [0.29, 0.717) is 6.42 Å². The van der Waals surface area contributed by atoms with E-state index in [9.17, 15) is 4.79 Å². The molecule has 4 heteroatoms. The molecule has 0 aromatic carbocycles. The molecular weight excluding hydrogens is 186 g/mol. The highest BCUT2D eigenvalue weighted by Gasteiger charge is 2.12. The largest absolute Gasteiger partial charge is 0.468 e. The number of hydrogen-bond acceptors (Lipinski definition) is 4. The van der Waals surface area contributed by atoms with Gasteiger partial charge in [-0.05, 0) is 35.2 Å². The first-order valence-electron chi connectivity index (χ1n) is 4.08. The Kier molecular flexibility index (Phi) is 3.92. The SMILES string of the molecule is COC(=O)C(N)CCc1ccsc1. The van der Waals surface area contributed by atoms with Crippen molar-refractivity contribution in [2.24, 2.45) is 5.73 Å². The normalized spacial score (nSPS) is 12.5. The first-order valence-corrected chi connectivity index (χ1v) is 5.03. The van der Waals surface area contributed by atoms with Crippen LogP contribution in [0.25, 0.3) is 0 Å². The highest BCUT2D eigenvalue weighted by molar-refractivity contribution is 7.07. The van der Waals surface area contributed by atoms with Gasteiger partial charge in [-0.15, -0.1) is 0 Å². The molecule has 3 nitrogen and oxygen atoms in total. The average Bonchev–Trinajstić information content (AvgIpc) is 2.65. The monoisotopic (exact) mass is 199 g/mol. The molecule has 1 heterocycles. The summed E-state index contributed by atoms with van der Waals surface area (Å²) in [6.07, 6.45) is 1.48. The first-order chi connectivity index (χ1) is 6.24. The van der Waals surface area contributed by atoms with Gasteiger partial charge < -0.3 is 10.5 Å². The molecule has 0 amide bonds. The quantitative estimate of drug-likeness (QED) is 0.741. The number of aryl methyl sites for hydroxylation is 1. The summed E-state index contributed by atoms with van der Waals surface area (Å²) in [5, 5.41) is 4.07. The number of carbonyl (C=O) groups excluding carboxylic acids is 1. The van der Waals surface area contributed by atoms with Crippen LogP contribution in [-0.4, -0.2) is 19.1 Å². The Morgan fingerprint density at radius 3 is 3.08 bits per heavy atom. The molecule has 0 aliphatic rings. The Morgan fingerprint density at radius 1 is 1.77 bits per heavy atom. The summed E-state index contributed by atoms with van der Waals surface area (Å²) in [7, 11) is 1.35. The molecule has 0 saturated carbocycles. The first kappa shape index (κ1) is 10.2. The molecule has 72 valence electrons. The summed E-state index contributed by atoms with van der Waals surface area (Å²) >= 11 is 1.65. The predicted molar refractivity (Wildman–Crippen MR) is 52.6 cm³/mol. The number of methoxy groups -OCH3 is 1. The zero-order valence-electron chi connectivity index (χ0n) is 7.53. The molecule has 0 aliphatic heterocycles. The van der Waals surface area contributed by atoms with Crippen molar-refractivity contribution in [1.82, 2.24) is 0 Å². The average molecular weight is 199 g/mol. The Labute approximate surface area is 81.5 Å². The maximum atomic E-state index is 10.9. The zero-order chi connectivity index (χ0) is 9.68. The number of nitrogens with two attached hydrogens (primary N) is 1. The molecule has 0 spiro atoms. The lowest BCUT2D eigenvalue weighted by molar-refractivity contribution is -0.142. The Hall–Kier alpha value is -0.870. The summed E-state index contributed by atoms with van der Waals surface area (Å²) in [4.78, 5) is 10.9. The van der Waals surface area contributed by atoms with Crippen LogP contribution >= 0.6 is 11.3 Å². The van der Waals surface area contributed by atoms with Gasteiger partial charge in [0, 0.05) is 0 Å². The summed E-state index contributed by atoms with van der Waals surface area (Å²) in [6.45, 7) is 0. The van der Waals surface area contributed by atoms with Gasteiger partial charge in [-0.25, -0.2) is 0 Å². The van der Waals surface area contributed by atoms with Crippen LogP contribution < -0.4 is 5.73 Å². The molecule has 1 rings (SSSR count). The second-order valence-electron chi connectivity index (χ2n) is 2.80. The lowest BCUT2D eigenvalue weighted by Crippen LogP contribution is -2.31. The fourth-order valence-corrected chi connectivity index (χ4v) is 1.73. The van der Waals surface area contributed by atoms with Gasteiger partial charge in [0.25, 0.3) is 0 Å². The van der Waals surface area contributed by atoms with Crippen molar-refractivity contribution in [3.05, 3.63) is 22.4 Å². The molecule has 1 aromatic heterocycles. The third-order valence-corrected chi connectivity index (χ3v) is 2.56. The number of ether oxygens (including phenoxy) is 1. The van der Waals surface area contributed by atoms with Crippen molar-refractivity contribution in [3.8, 4) is 0 Å². The zero-order valence-corrected chi connectivity index (χ0v) is 8.34. The van der Waals surface area contributed by atoms with Gasteiger partial charge in [-0.1, -0.05) is 0 Å². The van der Waals surface area contributed by atoms with E-state index >= 15 is 0 Å². The fraction of sp³-hybridized carbons (Fsp3) is 0.444. The number of rotatable bonds is 4.